The molecule has 0 aliphatic carbocycles. The number of hydrogen-bond donors (Lipinski definition) is 1. The zero-order chi connectivity index (χ0) is 10.7. The molecule has 1 unspecified atom stereocenters. The van der Waals surface area contributed by atoms with E-state index in [1.54, 1.807) is 12.1 Å². The van der Waals surface area contributed by atoms with Crippen LogP contribution in [0.3, 0.4) is 0 Å². The molecule has 0 aromatic heterocycles. The minimum atomic E-state index is 0.328. The average Bonchev–Trinajstić information content (AvgIpc) is 2.22. The van der Waals surface area contributed by atoms with E-state index >= 15 is 0 Å². The summed E-state index contributed by atoms with van der Waals surface area (Å²) in [6, 6.07) is 7.41. The molecule has 3 nitrogen and oxygen atoms in total. The maximum absolute atomic E-state index is 9.17. The largest absolute Gasteiger partial charge is 0.508 e. The Hall–Kier alpha value is -1.06. The minimum Gasteiger partial charge on any atom is -0.508 e. The van der Waals surface area contributed by atoms with E-state index in [0.717, 1.165) is 26.2 Å². The van der Waals surface area contributed by atoms with Crippen molar-refractivity contribution in [3.8, 4) is 5.75 Å². The summed E-state index contributed by atoms with van der Waals surface area (Å²) in [6.07, 6.45) is 0.330. The maximum atomic E-state index is 9.17. The summed E-state index contributed by atoms with van der Waals surface area (Å²) in [7, 11) is 0. The molecule has 82 valence electrons. The van der Waals surface area contributed by atoms with Crippen molar-refractivity contribution in [2.45, 2.75) is 19.6 Å². The van der Waals surface area contributed by atoms with Crippen molar-refractivity contribution in [1.82, 2.24) is 4.90 Å². The number of nitrogens with zero attached hydrogens (tertiary/aromatic N) is 1. The van der Waals surface area contributed by atoms with Gasteiger partial charge in [-0.1, -0.05) is 12.1 Å². The first-order valence-corrected chi connectivity index (χ1v) is 5.36. The molecule has 15 heavy (non-hydrogen) atoms. The zero-order valence-corrected chi connectivity index (χ0v) is 9.02. The van der Waals surface area contributed by atoms with Gasteiger partial charge in [0.15, 0.2) is 0 Å². The first kappa shape index (κ1) is 10.5. The average molecular weight is 207 g/mol. The van der Waals surface area contributed by atoms with Gasteiger partial charge in [0, 0.05) is 19.6 Å². The maximum Gasteiger partial charge on any atom is 0.115 e. The van der Waals surface area contributed by atoms with Gasteiger partial charge in [-0.15, -0.1) is 0 Å². The second-order valence-electron chi connectivity index (χ2n) is 4.08. The lowest BCUT2D eigenvalue weighted by Gasteiger charge is -2.31. The van der Waals surface area contributed by atoms with E-state index in [-0.39, 0.29) is 0 Å². The van der Waals surface area contributed by atoms with Gasteiger partial charge in [-0.3, -0.25) is 4.90 Å². The van der Waals surface area contributed by atoms with E-state index in [1.807, 2.05) is 12.1 Å². The first-order valence-electron chi connectivity index (χ1n) is 5.36. The summed E-state index contributed by atoms with van der Waals surface area (Å²) in [5.74, 6) is 0.328. The van der Waals surface area contributed by atoms with Gasteiger partial charge in [-0.25, -0.2) is 0 Å². The highest BCUT2D eigenvalue weighted by Gasteiger charge is 2.16. The molecule has 1 aromatic rings. The summed E-state index contributed by atoms with van der Waals surface area (Å²) < 4.78 is 5.48. The van der Waals surface area contributed by atoms with Gasteiger partial charge in [-0.2, -0.15) is 0 Å². The number of morpholine rings is 1. The van der Waals surface area contributed by atoms with E-state index in [9.17, 15) is 5.11 Å². The second kappa shape index (κ2) is 4.64. The van der Waals surface area contributed by atoms with Crippen LogP contribution in [0.2, 0.25) is 0 Å². The first-order chi connectivity index (χ1) is 7.24. The van der Waals surface area contributed by atoms with Crippen LogP contribution < -0.4 is 0 Å². The van der Waals surface area contributed by atoms with Gasteiger partial charge in [0.1, 0.15) is 5.75 Å². The lowest BCUT2D eigenvalue weighted by molar-refractivity contribution is -0.0212. The predicted molar refractivity (Wildman–Crippen MR) is 58.8 cm³/mol. The molecule has 0 amide bonds. The van der Waals surface area contributed by atoms with Crippen LogP contribution in [-0.2, 0) is 11.3 Å². The van der Waals surface area contributed by atoms with Gasteiger partial charge in [0.25, 0.3) is 0 Å². The Morgan fingerprint density at radius 3 is 2.80 bits per heavy atom. The third-order valence-corrected chi connectivity index (χ3v) is 2.67. The fraction of sp³-hybridized carbons (Fsp3) is 0.500. The molecule has 0 radical (unpaired) electrons. The standard InChI is InChI=1S/C12H17NO2/c1-10-8-13(6-7-15-10)9-11-2-4-12(14)5-3-11/h2-5,10,14H,6-9H2,1H3. The van der Waals surface area contributed by atoms with Crippen LogP contribution >= 0.6 is 0 Å². The second-order valence-corrected chi connectivity index (χ2v) is 4.08. The Labute approximate surface area is 90.3 Å². The van der Waals surface area contributed by atoms with Crippen LogP contribution in [0, 0.1) is 0 Å². The molecule has 0 bridgehead atoms. The van der Waals surface area contributed by atoms with Crippen molar-refractivity contribution < 1.29 is 9.84 Å². The molecule has 1 fully saturated rings. The number of phenols is 1. The van der Waals surface area contributed by atoms with E-state index in [4.69, 9.17) is 4.74 Å². The Morgan fingerprint density at radius 1 is 1.40 bits per heavy atom. The van der Waals surface area contributed by atoms with Crippen LogP contribution in [0.1, 0.15) is 12.5 Å². The SMILES string of the molecule is CC1CN(Cc2ccc(O)cc2)CCO1. The number of hydrogen-bond acceptors (Lipinski definition) is 3. The number of ether oxygens (including phenoxy) is 1. The summed E-state index contributed by atoms with van der Waals surface area (Å²) in [6.45, 7) is 5.84. The lowest BCUT2D eigenvalue weighted by atomic mass is 10.2. The number of aromatic hydroxyl groups is 1. The molecule has 1 saturated heterocycles. The topological polar surface area (TPSA) is 32.7 Å². The minimum absolute atomic E-state index is 0.328. The molecule has 1 N–H and O–H groups in total. The van der Waals surface area contributed by atoms with Crippen LogP contribution in [0.15, 0.2) is 24.3 Å². The number of rotatable bonds is 2. The van der Waals surface area contributed by atoms with Crippen molar-refractivity contribution in [3.63, 3.8) is 0 Å². The molecule has 1 aromatic carbocycles. The molecule has 3 heteroatoms. The fourth-order valence-corrected chi connectivity index (χ4v) is 1.89. The molecule has 1 aliphatic heterocycles. The summed E-state index contributed by atoms with van der Waals surface area (Å²) in [5, 5.41) is 9.17. The van der Waals surface area contributed by atoms with Gasteiger partial charge in [0.05, 0.1) is 12.7 Å². The fourth-order valence-electron chi connectivity index (χ4n) is 1.89. The summed E-state index contributed by atoms with van der Waals surface area (Å²) in [4.78, 5) is 2.38. The highest BCUT2D eigenvalue weighted by Crippen LogP contribution is 2.13. The Bertz CT molecular complexity index is 310. The van der Waals surface area contributed by atoms with Crippen molar-refractivity contribution >= 4 is 0 Å². The molecule has 1 aliphatic rings. The van der Waals surface area contributed by atoms with Crippen LogP contribution in [0.25, 0.3) is 0 Å². The number of benzene rings is 1. The van der Waals surface area contributed by atoms with Crippen molar-refractivity contribution in [2.75, 3.05) is 19.7 Å². The number of phenolic OH excluding ortho intramolecular Hbond substituents is 1. The summed E-state index contributed by atoms with van der Waals surface area (Å²) in [5.41, 5.74) is 1.24. The van der Waals surface area contributed by atoms with E-state index in [0.29, 0.717) is 11.9 Å². The third kappa shape index (κ3) is 2.94. The quantitative estimate of drug-likeness (QED) is 0.799. The zero-order valence-electron chi connectivity index (χ0n) is 9.02. The van der Waals surface area contributed by atoms with Crippen molar-refractivity contribution in [3.05, 3.63) is 29.8 Å². The van der Waals surface area contributed by atoms with E-state index in [2.05, 4.69) is 11.8 Å². The molecular weight excluding hydrogens is 190 g/mol. The molecular formula is C12H17NO2. The summed E-state index contributed by atoms with van der Waals surface area (Å²) >= 11 is 0. The Kier molecular flexibility index (Phi) is 3.23. The van der Waals surface area contributed by atoms with E-state index < -0.39 is 0 Å². The van der Waals surface area contributed by atoms with Crippen molar-refractivity contribution in [2.24, 2.45) is 0 Å². The van der Waals surface area contributed by atoms with Gasteiger partial charge in [-0.05, 0) is 24.6 Å². The third-order valence-electron chi connectivity index (χ3n) is 2.67. The van der Waals surface area contributed by atoms with Crippen LogP contribution in [0.4, 0.5) is 0 Å². The van der Waals surface area contributed by atoms with Crippen LogP contribution in [-0.4, -0.2) is 35.8 Å². The molecule has 1 atom stereocenters. The molecule has 1 heterocycles. The highest BCUT2D eigenvalue weighted by atomic mass is 16.5. The normalized spacial score (nSPS) is 22.9. The Balaban J connectivity index is 1.93. The van der Waals surface area contributed by atoms with Gasteiger partial charge < -0.3 is 9.84 Å². The monoisotopic (exact) mass is 207 g/mol. The molecule has 0 spiro atoms. The molecule has 0 saturated carbocycles. The Morgan fingerprint density at radius 2 is 2.13 bits per heavy atom. The lowest BCUT2D eigenvalue weighted by Crippen LogP contribution is -2.40. The smallest absolute Gasteiger partial charge is 0.115 e. The van der Waals surface area contributed by atoms with Crippen LogP contribution in [0.5, 0.6) is 5.75 Å². The van der Waals surface area contributed by atoms with Gasteiger partial charge >= 0.3 is 0 Å². The van der Waals surface area contributed by atoms with Gasteiger partial charge in [0.2, 0.25) is 0 Å². The highest BCUT2D eigenvalue weighted by molar-refractivity contribution is 5.25. The molecule has 2 rings (SSSR count). The predicted octanol–water partition coefficient (Wildman–Crippen LogP) is 1.61. The van der Waals surface area contributed by atoms with Crippen molar-refractivity contribution in [1.29, 1.82) is 0 Å². The van der Waals surface area contributed by atoms with E-state index in [1.165, 1.54) is 5.56 Å².